The second kappa shape index (κ2) is 8.58. The van der Waals surface area contributed by atoms with Gasteiger partial charge in [-0.1, -0.05) is 11.6 Å². The van der Waals surface area contributed by atoms with Crippen LogP contribution in [0.25, 0.3) is 0 Å². The Morgan fingerprint density at radius 2 is 2.00 bits per heavy atom. The lowest BCUT2D eigenvalue weighted by Gasteiger charge is -2.36. The van der Waals surface area contributed by atoms with Crippen molar-refractivity contribution in [2.75, 3.05) is 13.2 Å². The molecular formula is C18H24ClFN2O4. The van der Waals surface area contributed by atoms with E-state index < -0.39 is 17.5 Å². The molecule has 0 spiro atoms. The van der Waals surface area contributed by atoms with Crippen LogP contribution in [0, 0.1) is 11.7 Å². The molecule has 0 unspecified atom stereocenters. The van der Waals surface area contributed by atoms with Crippen LogP contribution < -0.4 is 15.4 Å². The van der Waals surface area contributed by atoms with Crippen molar-refractivity contribution in [2.45, 2.75) is 45.3 Å². The van der Waals surface area contributed by atoms with Gasteiger partial charge in [0.25, 0.3) is 5.91 Å². The highest BCUT2D eigenvalue weighted by Crippen LogP contribution is 2.27. The van der Waals surface area contributed by atoms with Gasteiger partial charge in [0.15, 0.2) is 6.61 Å². The first-order valence-electron chi connectivity index (χ1n) is 8.46. The SMILES string of the molecule is CC(C)(C)OC(=O)NCC1CC(NC(=O)COc2ccc(Cl)c(F)c2)C1. The quantitative estimate of drug-likeness (QED) is 0.786. The van der Waals surface area contributed by atoms with Gasteiger partial charge in [-0.3, -0.25) is 4.79 Å². The first kappa shape index (κ1) is 20.3. The van der Waals surface area contributed by atoms with Gasteiger partial charge in [0.1, 0.15) is 17.2 Å². The zero-order valence-electron chi connectivity index (χ0n) is 15.1. The van der Waals surface area contributed by atoms with Crippen molar-refractivity contribution in [3.63, 3.8) is 0 Å². The van der Waals surface area contributed by atoms with Gasteiger partial charge in [-0.2, -0.15) is 0 Å². The van der Waals surface area contributed by atoms with E-state index in [0.717, 1.165) is 18.9 Å². The third-order valence-corrected chi connectivity index (χ3v) is 4.10. The summed E-state index contributed by atoms with van der Waals surface area (Å²) in [5.41, 5.74) is -0.521. The molecule has 0 bridgehead atoms. The van der Waals surface area contributed by atoms with Crippen LogP contribution in [0.15, 0.2) is 18.2 Å². The summed E-state index contributed by atoms with van der Waals surface area (Å²) in [6, 6.07) is 4.06. The Labute approximate surface area is 157 Å². The van der Waals surface area contributed by atoms with Crippen LogP contribution in [0.3, 0.4) is 0 Å². The lowest BCUT2D eigenvalue weighted by Crippen LogP contribution is -2.49. The van der Waals surface area contributed by atoms with E-state index in [2.05, 4.69) is 10.6 Å². The maximum Gasteiger partial charge on any atom is 0.407 e. The normalized spacial score (nSPS) is 19.3. The van der Waals surface area contributed by atoms with Crippen molar-refractivity contribution in [1.82, 2.24) is 10.6 Å². The van der Waals surface area contributed by atoms with Crippen molar-refractivity contribution in [3.05, 3.63) is 29.0 Å². The third-order valence-electron chi connectivity index (χ3n) is 3.80. The average molecular weight is 387 g/mol. The smallest absolute Gasteiger partial charge is 0.407 e. The van der Waals surface area contributed by atoms with E-state index in [1.807, 2.05) is 20.8 Å². The summed E-state index contributed by atoms with van der Waals surface area (Å²) in [6.45, 7) is 5.74. The molecule has 1 aliphatic rings. The van der Waals surface area contributed by atoms with E-state index in [4.69, 9.17) is 21.1 Å². The predicted octanol–water partition coefficient (Wildman–Crippen LogP) is 3.28. The molecule has 0 radical (unpaired) electrons. The molecule has 0 heterocycles. The van der Waals surface area contributed by atoms with Crippen LogP contribution in [0.5, 0.6) is 5.75 Å². The number of amides is 2. The second-order valence-electron chi connectivity index (χ2n) is 7.35. The van der Waals surface area contributed by atoms with Gasteiger partial charge >= 0.3 is 6.09 Å². The molecule has 8 heteroatoms. The molecule has 2 rings (SSSR count). The largest absolute Gasteiger partial charge is 0.484 e. The van der Waals surface area contributed by atoms with Crippen LogP contribution >= 0.6 is 11.6 Å². The second-order valence-corrected chi connectivity index (χ2v) is 7.76. The molecule has 1 fully saturated rings. The van der Waals surface area contributed by atoms with Crippen molar-refractivity contribution in [3.8, 4) is 5.75 Å². The van der Waals surface area contributed by atoms with Gasteiger partial charge in [-0.05, 0) is 51.7 Å². The monoisotopic (exact) mass is 386 g/mol. The number of carbonyl (C=O) groups is 2. The van der Waals surface area contributed by atoms with Gasteiger partial charge in [0.05, 0.1) is 5.02 Å². The van der Waals surface area contributed by atoms with Gasteiger partial charge in [0, 0.05) is 18.7 Å². The van der Waals surface area contributed by atoms with E-state index >= 15 is 0 Å². The highest BCUT2D eigenvalue weighted by atomic mass is 35.5. The summed E-state index contributed by atoms with van der Waals surface area (Å²) >= 11 is 5.58. The maximum absolute atomic E-state index is 13.3. The highest BCUT2D eigenvalue weighted by Gasteiger charge is 2.31. The number of halogens is 2. The molecule has 1 aromatic rings. The molecule has 0 aromatic heterocycles. The lowest BCUT2D eigenvalue weighted by atomic mass is 9.80. The summed E-state index contributed by atoms with van der Waals surface area (Å²) in [5.74, 6) is -0.318. The molecule has 144 valence electrons. The highest BCUT2D eigenvalue weighted by molar-refractivity contribution is 6.30. The molecule has 1 aliphatic carbocycles. The van der Waals surface area contributed by atoms with E-state index in [9.17, 15) is 14.0 Å². The molecular weight excluding hydrogens is 363 g/mol. The van der Waals surface area contributed by atoms with Crippen molar-refractivity contribution < 1.29 is 23.5 Å². The maximum atomic E-state index is 13.3. The number of hydrogen-bond donors (Lipinski definition) is 2. The molecule has 0 atom stereocenters. The Bertz CT molecular complexity index is 657. The summed E-state index contributed by atoms with van der Waals surface area (Å²) in [7, 11) is 0. The lowest BCUT2D eigenvalue weighted by molar-refractivity contribution is -0.124. The van der Waals surface area contributed by atoms with Gasteiger partial charge in [-0.25, -0.2) is 9.18 Å². The Kier molecular flexibility index (Phi) is 6.69. The molecule has 2 N–H and O–H groups in total. The standard InChI is InChI=1S/C18H24ClFN2O4/c1-18(2,3)26-17(24)21-9-11-6-12(7-11)22-16(23)10-25-13-4-5-14(19)15(20)8-13/h4-5,8,11-12H,6-7,9-10H2,1-3H3,(H,21,24)(H,22,23). The minimum Gasteiger partial charge on any atom is -0.484 e. The van der Waals surface area contributed by atoms with Gasteiger partial charge in [0.2, 0.25) is 0 Å². The van der Waals surface area contributed by atoms with E-state index in [1.54, 1.807) is 0 Å². The zero-order chi connectivity index (χ0) is 19.3. The average Bonchev–Trinajstić information content (AvgIpc) is 2.48. The van der Waals surface area contributed by atoms with Crippen LogP contribution in [-0.4, -0.2) is 36.8 Å². The number of rotatable bonds is 6. The van der Waals surface area contributed by atoms with Gasteiger partial charge < -0.3 is 20.1 Å². The topological polar surface area (TPSA) is 76.7 Å². The van der Waals surface area contributed by atoms with Crippen LogP contribution in [-0.2, 0) is 9.53 Å². The summed E-state index contributed by atoms with van der Waals surface area (Å²) in [5, 5.41) is 5.57. The minimum atomic E-state index is -0.594. The Balaban J connectivity index is 1.60. The summed E-state index contributed by atoms with van der Waals surface area (Å²) < 4.78 is 23.7. The molecule has 1 aromatic carbocycles. The number of benzene rings is 1. The van der Waals surface area contributed by atoms with E-state index in [-0.39, 0.29) is 29.3 Å². The van der Waals surface area contributed by atoms with Gasteiger partial charge in [-0.15, -0.1) is 0 Å². The number of hydrogen-bond acceptors (Lipinski definition) is 4. The number of alkyl carbamates (subject to hydrolysis) is 1. The first-order valence-corrected chi connectivity index (χ1v) is 8.84. The Morgan fingerprint density at radius 1 is 1.31 bits per heavy atom. The zero-order valence-corrected chi connectivity index (χ0v) is 15.9. The molecule has 0 aliphatic heterocycles. The number of carbonyl (C=O) groups excluding carboxylic acids is 2. The van der Waals surface area contributed by atoms with Crippen molar-refractivity contribution in [1.29, 1.82) is 0 Å². The fourth-order valence-electron chi connectivity index (χ4n) is 2.55. The fourth-order valence-corrected chi connectivity index (χ4v) is 2.66. The van der Waals surface area contributed by atoms with Crippen LogP contribution in [0.4, 0.5) is 9.18 Å². The first-order chi connectivity index (χ1) is 12.1. The molecule has 26 heavy (non-hydrogen) atoms. The van der Waals surface area contributed by atoms with Crippen LogP contribution in [0.2, 0.25) is 5.02 Å². The minimum absolute atomic E-state index is 0.00213. The molecule has 6 nitrogen and oxygen atoms in total. The van der Waals surface area contributed by atoms with E-state index in [0.29, 0.717) is 12.5 Å². The fraction of sp³-hybridized carbons (Fsp3) is 0.556. The van der Waals surface area contributed by atoms with Crippen molar-refractivity contribution in [2.24, 2.45) is 5.92 Å². The molecule has 2 amide bonds. The third kappa shape index (κ3) is 6.71. The number of ether oxygens (including phenoxy) is 2. The molecule has 1 saturated carbocycles. The van der Waals surface area contributed by atoms with E-state index in [1.165, 1.54) is 12.1 Å². The Morgan fingerprint density at radius 3 is 2.62 bits per heavy atom. The summed E-state index contributed by atoms with van der Waals surface area (Å²) in [4.78, 5) is 23.4. The number of nitrogens with one attached hydrogen (secondary N) is 2. The Hall–Kier alpha value is -2.02. The predicted molar refractivity (Wildman–Crippen MR) is 95.8 cm³/mol. The summed E-state index contributed by atoms with van der Waals surface area (Å²) in [6.07, 6.45) is 1.11. The van der Waals surface area contributed by atoms with Crippen molar-refractivity contribution >= 4 is 23.6 Å². The van der Waals surface area contributed by atoms with Crippen LogP contribution in [0.1, 0.15) is 33.6 Å². The molecule has 0 saturated heterocycles.